The first-order chi connectivity index (χ1) is 11.4. The minimum absolute atomic E-state index is 0.0945. The van der Waals surface area contributed by atoms with E-state index in [4.69, 9.17) is 10.00 Å². The molecule has 0 unspecified atom stereocenters. The molecule has 2 aromatic rings. The highest BCUT2D eigenvalue weighted by atomic mass is 32.2. The maximum absolute atomic E-state index is 12.7. The predicted molar refractivity (Wildman–Crippen MR) is 87.3 cm³/mol. The smallest absolute Gasteiger partial charge is 0.416 e. The molecule has 0 atom stereocenters. The fourth-order valence-electron chi connectivity index (χ4n) is 1.75. The monoisotopic (exact) mass is 351 g/mol. The Labute approximate surface area is 141 Å². The molecule has 4 nitrogen and oxygen atoms in total. The van der Waals surface area contributed by atoms with Gasteiger partial charge in [-0.1, -0.05) is 17.8 Å². The van der Waals surface area contributed by atoms with Gasteiger partial charge in [0, 0.05) is 0 Å². The lowest BCUT2D eigenvalue weighted by atomic mass is 10.2. The fraction of sp³-hybridized carbons (Fsp3) is 0.125. The standard InChI is InChI=1S/C16H12F3N3OS/c1-24-15(21-10-20)22-12-5-7-13(8-6-12)23-14-4-2-3-11(9-14)16(17,18)19/h2-9H,1H3,(H,21,22). The van der Waals surface area contributed by atoms with Crippen molar-refractivity contribution in [3.8, 4) is 17.7 Å². The van der Waals surface area contributed by atoms with Gasteiger partial charge in [0.2, 0.25) is 0 Å². The van der Waals surface area contributed by atoms with Crippen LogP contribution in [0.5, 0.6) is 11.5 Å². The number of ether oxygens (including phenoxy) is 1. The quantitative estimate of drug-likeness (QED) is 0.369. The van der Waals surface area contributed by atoms with Crippen LogP contribution >= 0.6 is 11.8 Å². The molecule has 0 aromatic heterocycles. The highest BCUT2D eigenvalue weighted by molar-refractivity contribution is 8.13. The summed E-state index contributed by atoms with van der Waals surface area (Å²) < 4.78 is 43.5. The maximum atomic E-state index is 12.7. The normalized spacial score (nSPS) is 11.7. The zero-order chi connectivity index (χ0) is 17.6. The number of alkyl halides is 3. The number of rotatable bonds is 3. The second-order valence-electron chi connectivity index (χ2n) is 4.48. The third-order valence-corrected chi connectivity index (χ3v) is 3.40. The SMILES string of the molecule is CSC(=Nc1ccc(Oc2cccc(C(F)(F)F)c2)cc1)NC#N. The molecule has 0 aliphatic heterocycles. The summed E-state index contributed by atoms with van der Waals surface area (Å²) in [5.41, 5.74) is -0.188. The van der Waals surface area contributed by atoms with E-state index in [1.165, 1.54) is 23.9 Å². The van der Waals surface area contributed by atoms with Crippen LogP contribution in [0.25, 0.3) is 0 Å². The number of halogens is 3. The molecule has 0 amide bonds. The number of amidine groups is 1. The Morgan fingerprint density at radius 2 is 1.88 bits per heavy atom. The van der Waals surface area contributed by atoms with Crippen molar-refractivity contribution in [3.63, 3.8) is 0 Å². The molecule has 0 heterocycles. The van der Waals surface area contributed by atoms with Crippen molar-refractivity contribution in [2.45, 2.75) is 6.18 Å². The number of hydrogen-bond donors (Lipinski definition) is 1. The average Bonchev–Trinajstić information content (AvgIpc) is 2.55. The Balaban J connectivity index is 2.14. The molecule has 0 aliphatic rings. The van der Waals surface area contributed by atoms with E-state index < -0.39 is 11.7 Å². The lowest BCUT2D eigenvalue weighted by molar-refractivity contribution is -0.137. The molecule has 8 heteroatoms. The van der Waals surface area contributed by atoms with Gasteiger partial charge in [-0.25, -0.2) is 4.99 Å². The number of nitrogens with one attached hydrogen (secondary N) is 1. The molecule has 0 saturated carbocycles. The third kappa shape index (κ3) is 4.93. The average molecular weight is 351 g/mol. The summed E-state index contributed by atoms with van der Waals surface area (Å²) in [5, 5.41) is 11.4. The van der Waals surface area contributed by atoms with Crippen molar-refractivity contribution in [1.82, 2.24) is 5.32 Å². The number of nitriles is 1. The van der Waals surface area contributed by atoms with Crippen LogP contribution in [0, 0.1) is 11.5 Å². The van der Waals surface area contributed by atoms with Crippen molar-refractivity contribution in [2.75, 3.05) is 6.26 Å². The Kier molecular flexibility index (Phi) is 5.71. The zero-order valence-electron chi connectivity index (χ0n) is 12.5. The first kappa shape index (κ1) is 17.7. The van der Waals surface area contributed by atoms with E-state index in [0.29, 0.717) is 16.6 Å². The van der Waals surface area contributed by atoms with Crippen LogP contribution in [-0.2, 0) is 6.18 Å². The minimum atomic E-state index is -4.42. The van der Waals surface area contributed by atoms with Crippen LogP contribution < -0.4 is 10.1 Å². The molecule has 0 spiro atoms. The zero-order valence-corrected chi connectivity index (χ0v) is 13.3. The van der Waals surface area contributed by atoms with E-state index in [1.807, 2.05) is 0 Å². The van der Waals surface area contributed by atoms with E-state index in [9.17, 15) is 13.2 Å². The van der Waals surface area contributed by atoms with Gasteiger partial charge in [-0.2, -0.15) is 18.4 Å². The van der Waals surface area contributed by atoms with E-state index in [0.717, 1.165) is 12.1 Å². The first-order valence-electron chi connectivity index (χ1n) is 6.65. The van der Waals surface area contributed by atoms with Crippen LogP contribution in [0.2, 0.25) is 0 Å². The van der Waals surface area contributed by atoms with Crippen molar-refractivity contribution >= 4 is 22.6 Å². The minimum Gasteiger partial charge on any atom is -0.457 e. The second kappa shape index (κ2) is 7.75. The van der Waals surface area contributed by atoms with Gasteiger partial charge in [0.15, 0.2) is 11.4 Å². The van der Waals surface area contributed by atoms with Crippen molar-refractivity contribution in [2.24, 2.45) is 4.99 Å². The Hall–Kier alpha value is -2.66. The Morgan fingerprint density at radius 3 is 2.46 bits per heavy atom. The van der Waals surface area contributed by atoms with Gasteiger partial charge in [0.05, 0.1) is 11.3 Å². The number of aliphatic imine (C=N–C) groups is 1. The van der Waals surface area contributed by atoms with E-state index in [-0.39, 0.29) is 5.75 Å². The summed E-state index contributed by atoms with van der Waals surface area (Å²) in [5.74, 6) is 0.476. The molecule has 2 rings (SSSR count). The van der Waals surface area contributed by atoms with Gasteiger partial charge >= 0.3 is 6.18 Å². The molecular weight excluding hydrogens is 339 g/mol. The molecule has 24 heavy (non-hydrogen) atoms. The summed E-state index contributed by atoms with van der Waals surface area (Å²) in [7, 11) is 0. The second-order valence-corrected chi connectivity index (χ2v) is 5.27. The first-order valence-corrected chi connectivity index (χ1v) is 7.88. The number of hydrogen-bond acceptors (Lipinski definition) is 4. The van der Waals surface area contributed by atoms with Crippen LogP contribution in [0.15, 0.2) is 53.5 Å². The summed E-state index contributed by atoms with van der Waals surface area (Å²) in [6.45, 7) is 0. The Morgan fingerprint density at radius 1 is 1.17 bits per heavy atom. The molecular formula is C16H12F3N3OS. The molecule has 2 aromatic carbocycles. The molecule has 1 N–H and O–H groups in total. The largest absolute Gasteiger partial charge is 0.457 e. The number of benzene rings is 2. The lowest BCUT2D eigenvalue weighted by Crippen LogP contribution is -2.12. The van der Waals surface area contributed by atoms with E-state index >= 15 is 0 Å². The Bertz CT molecular complexity index is 767. The van der Waals surface area contributed by atoms with Crippen LogP contribution in [0.4, 0.5) is 18.9 Å². The number of nitrogens with zero attached hydrogens (tertiary/aromatic N) is 2. The summed E-state index contributed by atoms with van der Waals surface area (Å²) in [4.78, 5) is 4.20. The number of thioether (sulfide) groups is 1. The molecule has 0 saturated heterocycles. The van der Waals surface area contributed by atoms with Gasteiger partial charge in [-0.3, -0.25) is 5.32 Å². The molecule has 124 valence electrons. The molecule has 0 fully saturated rings. The van der Waals surface area contributed by atoms with Crippen molar-refractivity contribution < 1.29 is 17.9 Å². The summed E-state index contributed by atoms with van der Waals surface area (Å²) >= 11 is 1.28. The van der Waals surface area contributed by atoms with Gasteiger partial charge in [-0.05, 0) is 48.7 Å². The topological polar surface area (TPSA) is 57.4 Å². The van der Waals surface area contributed by atoms with Gasteiger partial charge < -0.3 is 4.74 Å². The maximum Gasteiger partial charge on any atom is 0.416 e. The van der Waals surface area contributed by atoms with Crippen LogP contribution in [0.3, 0.4) is 0 Å². The van der Waals surface area contributed by atoms with Gasteiger partial charge in [0.25, 0.3) is 0 Å². The summed E-state index contributed by atoms with van der Waals surface area (Å²) in [6.07, 6.45) is -0.862. The van der Waals surface area contributed by atoms with Crippen LogP contribution in [0.1, 0.15) is 5.56 Å². The van der Waals surface area contributed by atoms with Crippen LogP contribution in [-0.4, -0.2) is 11.4 Å². The van der Waals surface area contributed by atoms with Crippen molar-refractivity contribution in [1.29, 1.82) is 5.26 Å². The lowest BCUT2D eigenvalue weighted by Gasteiger charge is -2.10. The highest BCUT2D eigenvalue weighted by Gasteiger charge is 2.30. The van der Waals surface area contributed by atoms with Crippen molar-refractivity contribution in [3.05, 3.63) is 54.1 Å². The summed E-state index contributed by atoms with van der Waals surface area (Å²) in [6, 6.07) is 11.1. The highest BCUT2D eigenvalue weighted by Crippen LogP contribution is 2.33. The van der Waals surface area contributed by atoms with E-state index in [1.54, 1.807) is 36.7 Å². The molecule has 0 radical (unpaired) electrons. The fourth-order valence-corrected chi connectivity index (χ4v) is 2.09. The molecule has 0 bridgehead atoms. The predicted octanol–water partition coefficient (Wildman–Crippen LogP) is 4.92. The molecule has 0 aliphatic carbocycles. The third-order valence-electron chi connectivity index (χ3n) is 2.82. The van der Waals surface area contributed by atoms with Gasteiger partial charge in [-0.15, -0.1) is 0 Å². The van der Waals surface area contributed by atoms with Gasteiger partial charge in [0.1, 0.15) is 11.5 Å². The van der Waals surface area contributed by atoms with E-state index in [2.05, 4.69) is 10.3 Å².